The summed E-state index contributed by atoms with van der Waals surface area (Å²) in [5.74, 6) is -0.284. The average molecular weight is 334 g/mol. The number of tetrazole rings is 1. The van der Waals surface area contributed by atoms with Crippen LogP contribution < -0.4 is 15.6 Å². The van der Waals surface area contributed by atoms with Crippen LogP contribution in [-0.2, 0) is 4.79 Å². The summed E-state index contributed by atoms with van der Waals surface area (Å²) in [7, 11) is 0. The average Bonchev–Trinajstić information content (AvgIpc) is 3.10. The smallest absolute Gasteiger partial charge is 0.247 e. The number of nitrogens with zero attached hydrogens (tertiary/aromatic N) is 4. The highest BCUT2D eigenvalue weighted by molar-refractivity contribution is 5.95. The molecule has 2 atom stereocenters. The van der Waals surface area contributed by atoms with Crippen molar-refractivity contribution in [3.05, 3.63) is 72.7 Å². The second kappa shape index (κ2) is 6.16. The zero-order valence-corrected chi connectivity index (χ0v) is 13.3. The Bertz CT molecular complexity index is 907. The molecule has 2 unspecified atom stereocenters. The first kappa shape index (κ1) is 15.0. The van der Waals surface area contributed by atoms with Crippen molar-refractivity contribution in [2.24, 2.45) is 5.92 Å². The number of rotatable bonds is 3. The Labute approximate surface area is 143 Å². The molecule has 1 aromatic carbocycles. The molecule has 0 saturated carbocycles. The van der Waals surface area contributed by atoms with Crippen LogP contribution in [0.4, 0.5) is 11.6 Å². The number of H-pyrrole nitrogens is 1. The van der Waals surface area contributed by atoms with Gasteiger partial charge in [-0.25, -0.2) is 9.67 Å². The minimum absolute atomic E-state index is 0.178. The lowest BCUT2D eigenvalue weighted by Gasteiger charge is -2.32. The van der Waals surface area contributed by atoms with E-state index in [0.717, 1.165) is 11.3 Å². The van der Waals surface area contributed by atoms with Crippen LogP contribution in [0.3, 0.4) is 0 Å². The van der Waals surface area contributed by atoms with E-state index < -0.39 is 12.0 Å². The minimum atomic E-state index is -0.571. The Morgan fingerprint density at radius 3 is 2.72 bits per heavy atom. The summed E-state index contributed by atoms with van der Waals surface area (Å²) >= 11 is 0. The number of aromatic amines is 1. The molecule has 0 aliphatic carbocycles. The van der Waals surface area contributed by atoms with E-state index in [-0.39, 0.29) is 5.91 Å². The van der Waals surface area contributed by atoms with Crippen LogP contribution in [0.15, 0.2) is 67.1 Å². The van der Waals surface area contributed by atoms with Crippen molar-refractivity contribution in [3.8, 4) is 0 Å². The van der Waals surface area contributed by atoms with Crippen molar-refractivity contribution in [2.45, 2.75) is 6.04 Å². The lowest BCUT2D eigenvalue weighted by Crippen LogP contribution is -2.39. The molecule has 1 aliphatic heterocycles. The van der Waals surface area contributed by atoms with Crippen molar-refractivity contribution < 1.29 is 9.78 Å². The number of hydrogen-bond donors (Lipinski definition) is 2. The molecule has 1 aliphatic rings. The lowest BCUT2D eigenvalue weighted by atomic mass is 9.89. The summed E-state index contributed by atoms with van der Waals surface area (Å²) in [5.41, 5.74) is 2.18. The SMILES string of the molecule is C=C1Nc2nnnn2C(c2cc[nH+]cc2)C1C(=O)Nc1ccccc1. The number of amides is 1. The summed E-state index contributed by atoms with van der Waals surface area (Å²) in [4.78, 5) is 16.0. The predicted octanol–water partition coefficient (Wildman–Crippen LogP) is 1.27. The van der Waals surface area contributed by atoms with E-state index in [9.17, 15) is 4.79 Å². The van der Waals surface area contributed by atoms with Gasteiger partial charge in [0.05, 0.1) is 0 Å². The predicted molar refractivity (Wildman–Crippen MR) is 90.3 cm³/mol. The van der Waals surface area contributed by atoms with Crippen molar-refractivity contribution in [2.75, 3.05) is 10.6 Å². The molecule has 1 amide bonds. The maximum Gasteiger partial charge on any atom is 0.247 e. The highest BCUT2D eigenvalue weighted by atomic mass is 16.2. The van der Waals surface area contributed by atoms with Crippen LogP contribution in [0, 0.1) is 5.92 Å². The molecule has 0 saturated heterocycles. The first-order valence-corrected chi connectivity index (χ1v) is 7.79. The number of hydrogen-bond acceptors (Lipinski definition) is 5. The summed E-state index contributed by atoms with van der Waals surface area (Å²) < 4.78 is 1.61. The zero-order chi connectivity index (χ0) is 17.2. The molecule has 2 aromatic heterocycles. The molecular weight excluding hydrogens is 318 g/mol. The number of carbonyl (C=O) groups excluding carboxylic acids is 1. The fourth-order valence-corrected chi connectivity index (χ4v) is 2.99. The molecular formula is C17H16N7O+. The van der Waals surface area contributed by atoms with Crippen molar-refractivity contribution >= 4 is 17.5 Å². The van der Waals surface area contributed by atoms with Gasteiger partial charge in [0.15, 0.2) is 12.4 Å². The first-order chi connectivity index (χ1) is 12.2. The summed E-state index contributed by atoms with van der Waals surface area (Å²) in [6, 6.07) is 12.7. The molecule has 25 heavy (non-hydrogen) atoms. The van der Waals surface area contributed by atoms with Gasteiger partial charge in [-0.2, -0.15) is 0 Å². The molecule has 8 nitrogen and oxygen atoms in total. The monoisotopic (exact) mass is 334 g/mol. The highest BCUT2D eigenvalue weighted by Crippen LogP contribution is 2.36. The topological polar surface area (TPSA) is 98.9 Å². The Hall–Kier alpha value is -3.55. The molecule has 3 N–H and O–H groups in total. The molecule has 0 fully saturated rings. The van der Waals surface area contributed by atoms with Gasteiger partial charge in [0.1, 0.15) is 12.0 Å². The second-order valence-electron chi connectivity index (χ2n) is 5.71. The first-order valence-electron chi connectivity index (χ1n) is 7.79. The van der Waals surface area contributed by atoms with Gasteiger partial charge in [0.25, 0.3) is 0 Å². The molecule has 8 heteroatoms. The maximum absolute atomic E-state index is 13.0. The number of para-hydroxylation sites is 1. The molecule has 0 radical (unpaired) electrons. The minimum Gasteiger partial charge on any atom is -0.326 e. The summed E-state index contributed by atoms with van der Waals surface area (Å²) in [6.07, 6.45) is 3.60. The van der Waals surface area contributed by atoms with Crippen LogP contribution in [-0.4, -0.2) is 26.1 Å². The van der Waals surface area contributed by atoms with Crippen molar-refractivity contribution in [3.63, 3.8) is 0 Å². The van der Waals surface area contributed by atoms with Gasteiger partial charge in [-0.15, -0.1) is 0 Å². The van der Waals surface area contributed by atoms with E-state index in [2.05, 4.69) is 37.7 Å². The van der Waals surface area contributed by atoms with Gasteiger partial charge in [0.2, 0.25) is 11.9 Å². The van der Waals surface area contributed by atoms with Gasteiger partial charge >= 0.3 is 0 Å². The van der Waals surface area contributed by atoms with Crippen molar-refractivity contribution in [1.82, 2.24) is 20.2 Å². The Kier molecular flexibility index (Phi) is 3.70. The third-order valence-electron chi connectivity index (χ3n) is 4.13. The molecule has 4 rings (SSSR count). The third-order valence-corrected chi connectivity index (χ3v) is 4.13. The number of anilines is 2. The molecule has 124 valence electrons. The molecule has 3 aromatic rings. The van der Waals surface area contributed by atoms with E-state index in [0.29, 0.717) is 11.6 Å². The number of pyridine rings is 1. The van der Waals surface area contributed by atoms with E-state index in [4.69, 9.17) is 0 Å². The lowest BCUT2D eigenvalue weighted by molar-refractivity contribution is -0.378. The van der Waals surface area contributed by atoms with Crippen LogP contribution in [0.2, 0.25) is 0 Å². The van der Waals surface area contributed by atoms with E-state index >= 15 is 0 Å². The number of nitrogens with one attached hydrogen (secondary N) is 3. The van der Waals surface area contributed by atoms with Gasteiger partial charge in [-0.1, -0.05) is 29.9 Å². The van der Waals surface area contributed by atoms with Gasteiger partial charge in [-0.05, 0) is 28.1 Å². The number of benzene rings is 1. The quantitative estimate of drug-likeness (QED) is 0.751. The van der Waals surface area contributed by atoms with E-state index in [1.807, 2.05) is 42.5 Å². The van der Waals surface area contributed by atoms with E-state index in [1.165, 1.54) is 0 Å². The fourth-order valence-electron chi connectivity index (χ4n) is 2.99. The maximum atomic E-state index is 13.0. The summed E-state index contributed by atoms with van der Waals surface area (Å²) in [5, 5.41) is 17.7. The van der Waals surface area contributed by atoms with Crippen LogP contribution in [0.5, 0.6) is 0 Å². The van der Waals surface area contributed by atoms with Crippen molar-refractivity contribution in [1.29, 1.82) is 0 Å². The second-order valence-corrected chi connectivity index (χ2v) is 5.71. The van der Waals surface area contributed by atoms with Crippen LogP contribution in [0.1, 0.15) is 11.6 Å². The number of aromatic nitrogens is 5. The Morgan fingerprint density at radius 1 is 1.20 bits per heavy atom. The normalized spacial score (nSPS) is 19.0. The van der Waals surface area contributed by atoms with Gasteiger partial charge < -0.3 is 10.6 Å². The Balaban J connectivity index is 1.74. The molecule has 0 spiro atoms. The fraction of sp³-hybridized carbons (Fsp3) is 0.118. The number of fused-ring (bicyclic) bond motifs is 1. The summed E-state index contributed by atoms with van der Waals surface area (Å²) in [6.45, 7) is 4.02. The van der Waals surface area contributed by atoms with Crippen LogP contribution in [0.25, 0.3) is 0 Å². The van der Waals surface area contributed by atoms with Gasteiger partial charge in [0, 0.05) is 23.5 Å². The van der Waals surface area contributed by atoms with Crippen LogP contribution >= 0.6 is 0 Å². The van der Waals surface area contributed by atoms with E-state index in [1.54, 1.807) is 17.1 Å². The Morgan fingerprint density at radius 2 is 1.96 bits per heavy atom. The van der Waals surface area contributed by atoms with Gasteiger partial charge in [-0.3, -0.25) is 4.79 Å². The third kappa shape index (κ3) is 2.74. The zero-order valence-electron chi connectivity index (χ0n) is 13.3. The standard InChI is InChI=1S/C17H15N7O/c1-11-14(16(25)20-13-5-3-2-4-6-13)15(12-7-9-18-10-8-12)24-17(19-11)21-22-23-24/h2-10,14-15H,1H2,(H,20,25)(H,19,21,23)/p+1. The molecule has 3 heterocycles. The highest BCUT2D eigenvalue weighted by Gasteiger charge is 2.40. The largest absolute Gasteiger partial charge is 0.326 e. The molecule has 0 bridgehead atoms. The number of carbonyl (C=O) groups is 1.